The normalized spacial score (nSPS) is 11.4. The molecule has 0 saturated heterocycles. The van der Waals surface area contributed by atoms with Gasteiger partial charge in [-0.05, 0) is 19.1 Å². The number of benzene rings is 1. The molecule has 3 rings (SSSR count). The summed E-state index contributed by atoms with van der Waals surface area (Å²) in [4.78, 5) is 15.4. The molecule has 0 bridgehead atoms. The maximum absolute atomic E-state index is 12.7. The van der Waals surface area contributed by atoms with Crippen LogP contribution in [0.4, 0.5) is 19.0 Å². The van der Waals surface area contributed by atoms with Crippen molar-refractivity contribution in [3.8, 4) is 11.3 Å². The lowest BCUT2D eigenvalue weighted by Crippen LogP contribution is -2.13. The van der Waals surface area contributed by atoms with Crippen molar-refractivity contribution in [1.82, 2.24) is 15.2 Å². The number of carbonyl (C=O) groups is 1. The molecule has 0 fully saturated rings. The van der Waals surface area contributed by atoms with Crippen LogP contribution < -0.4 is 5.32 Å². The van der Waals surface area contributed by atoms with Gasteiger partial charge in [-0.25, -0.2) is 4.98 Å². The average molecular weight is 364 g/mol. The van der Waals surface area contributed by atoms with E-state index in [2.05, 4.69) is 20.5 Å². The second-order valence-electron chi connectivity index (χ2n) is 5.06. The van der Waals surface area contributed by atoms with Gasteiger partial charge in [-0.3, -0.25) is 4.79 Å². The Morgan fingerprint density at radius 3 is 2.36 bits per heavy atom. The van der Waals surface area contributed by atoms with Crippen LogP contribution in [-0.2, 0) is 6.18 Å². The van der Waals surface area contributed by atoms with Crippen molar-refractivity contribution < 1.29 is 18.0 Å². The van der Waals surface area contributed by atoms with Crippen molar-refractivity contribution in [1.29, 1.82) is 0 Å². The summed E-state index contributed by atoms with van der Waals surface area (Å²) in [5, 5.41) is 9.27. The molecule has 25 heavy (non-hydrogen) atoms. The van der Waals surface area contributed by atoms with Gasteiger partial charge in [0.25, 0.3) is 5.91 Å². The van der Waals surface area contributed by atoms with Gasteiger partial charge in [-0.2, -0.15) is 13.2 Å². The van der Waals surface area contributed by atoms with Gasteiger partial charge in [0.1, 0.15) is 4.88 Å². The third-order valence-corrected chi connectivity index (χ3v) is 4.42. The number of nitrogens with zero attached hydrogens (tertiary/aromatic N) is 3. The number of amides is 1. The maximum atomic E-state index is 12.7. The predicted molar refractivity (Wildman–Crippen MR) is 87.3 cm³/mol. The van der Waals surface area contributed by atoms with E-state index < -0.39 is 17.1 Å². The first-order valence-corrected chi connectivity index (χ1v) is 7.91. The first-order chi connectivity index (χ1) is 11.8. The second-order valence-corrected chi connectivity index (χ2v) is 6.05. The zero-order valence-electron chi connectivity index (χ0n) is 12.8. The van der Waals surface area contributed by atoms with Crippen molar-refractivity contribution in [2.75, 3.05) is 5.32 Å². The molecule has 1 N–H and O–H groups in total. The number of nitrogens with one attached hydrogen (secondary N) is 1. The highest BCUT2D eigenvalue weighted by atomic mass is 32.1. The van der Waals surface area contributed by atoms with E-state index in [9.17, 15) is 18.0 Å². The summed E-state index contributed by atoms with van der Waals surface area (Å²) >= 11 is 0.297. The summed E-state index contributed by atoms with van der Waals surface area (Å²) < 4.78 is 38.0. The van der Waals surface area contributed by atoms with Crippen LogP contribution >= 0.6 is 11.3 Å². The summed E-state index contributed by atoms with van der Waals surface area (Å²) in [6, 6.07) is 12.5. The molecule has 9 heteroatoms. The minimum Gasteiger partial charge on any atom is -0.304 e. The fourth-order valence-electron chi connectivity index (χ4n) is 2.06. The monoisotopic (exact) mass is 364 g/mol. The van der Waals surface area contributed by atoms with Gasteiger partial charge in [0, 0.05) is 5.56 Å². The topological polar surface area (TPSA) is 67.8 Å². The van der Waals surface area contributed by atoms with Gasteiger partial charge in [0.2, 0.25) is 0 Å². The van der Waals surface area contributed by atoms with E-state index in [-0.39, 0.29) is 16.4 Å². The largest absolute Gasteiger partial charge is 0.443 e. The minimum atomic E-state index is -4.58. The van der Waals surface area contributed by atoms with Crippen LogP contribution in [0.1, 0.15) is 20.4 Å². The van der Waals surface area contributed by atoms with Crippen LogP contribution in [0, 0.1) is 6.92 Å². The average Bonchev–Trinajstić information content (AvgIpc) is 2.99. The van der Waals surface area contributed by atoms with Crippen LogP contribution in [0.25, 0.3) is 11.3 Å². The molecule has 128 valence electrons. The van der Waals surface area contributed by atoms with E-state index in [1.165, 1.54) is 13.0 Å². The Bertz CT molecular complexity index is 892. The standard InChI is InChI=1S/C16H11F3N4OS/c1-9-13(25-15(20-9)16(17,18)19)14(24)21-12-8-7-11(22-23-12)10-5-3-2-4-6-10/h2-8H,1H3,(H,21,23,24). The number of thiazole rings is 1. The van der Waals surface area contributed by atoms with Gasteiger partial charge < -0.3 is 5.32 Å². The maximum Gasteiger partial charge on any atom is 0.443 e. The molecule has 3 aromatic rings. The van der Waals surface area contributed by atoms with Crippen molar-refractivity contribution >= 4 is 23.1 Å². The number of hydrogen-bond donors (Lipinski definition) is 1. The number of aromatic nitrogens is 3. The van der Waals surface area contributed by atoms with E-state index in [4.69, 9.17) is 0 Å². The van der Waals surface area contributed by atoms with E-state index >= 15 is 0 Å². The molecule has 5 nitrogen and oxygen atoms in total. The summed E-state index contributed by atoms with van der Waals surface area (Å²) in [6.45, 7) is 1.35. The molecule has 0 atom stereocenters. The molecule has 0 saturated carbocycles. The van der Waals surface area contributed by atoms with Crippen LogP contribution in [-0.4, -0.2) is 21.1 Å². The highest BCUT2D eigenvalue weighted by Gasteiger charge is 2.36. The summed E-state index contributed by atoms with van der Waals surface area (Å²) in [7, 11) is 0. The molecule has 0 aliphatic rings. The molecule has 1 aromatic carbocycles. The van der Waals surface area contributed by atoms with Crippen molar-refractivity contribution in [2.24, 2.45) is 0 Å². The molecular weight excluding hydrogens is 353 g/mol. The van der Waals surface area contributed by atoms with Crippen LogP contribution in [0.15, 0.2) is 42.5 Å². The SMILES string of the molecule is Cc1nc(C(F)(F)F)sc1C(=O)Nc1ccc(-c2ccccc2)nn1. The summed E-state index contributed by atoms with van der Waals surface area (Å²) in [5.41, 5.74) is 1.50. The lowest BCUT2D eigenvalue weighted by molar-refractivity contribution is -0.137. The Hall–Kier alpha value is -2.81. The molecule has 0 unspecified atom stereocenters. The minimum absolute atomic E-state index is 0.0173. The Balaban J connectivity index is 1.77. The van der Waals surface area contributed by atoms with E-state index in [1.54, 1.807) is 6.07 Å². The Labute approximate surface area is 144 Å². The van der Waals surface area contributed by atoms with Gasteiger partial charge in [-0.1, -0.05) is 30.3 Å². The van der Waals surface area contributed by atoms with Crippen LogP contribution in [0.5, 0.6) is 0 Å². The number of rotatable bonds is 3. The number of anilines is 1. The molecule has 2 heterocycles. The Morgan fingerprint density at radius 1 is 1.08 bits per heavy atom. The third kappa shape index (κ3) is 3.82. The van der Waals surface area contributed by atoms with E-state index in [1.807, 2.05) is 30.3 Å². The lowest BCUT2D eigenvalue weighted by atomic mass is 10.1. The molecule has 1 amide bonds. The Kier molecular flexibility index (Phi) is 4.49. The smallest absolute Gasteiger partial charge is 0.304 e. The quantitative estimate of drug-likeness (QED) is 0.757. The van der Waals surface area contributed by atoms with Crippen LogP contribution in [0.2, 0.25) is 0 Å². The molecule has 0 aliphatic carbocycles. The number of alkyl halides is 3. The highest BCUT2D eigenvalue weighted by molar-refractivity contribution is 7.14. The number of hydrogen-bond acceptors (Lipinski definition) is 5. The molecular formula is C16H11F3N4OS. The number of carbonyl (C=O) groups excluding carboxylic acids is 1. The fourth-order valence-corrected chi connectivity index (χ4v) is 2.89. The van der Waals surface area contributed by atoms with Gasteiger partial charge in [-0.15, -0.1) is 21.5 Å². The molecule has 0 aliphatic heterocycles. The van der Waals surface area contributed by atoms with Gasteiger partial charge in [0.15, 0.2) is 10.8 Å². The third-order valence-electron chi connectivity index (χ3n) is 3.22. The van der Waals surface area contributed by atoms with E-state index in [0.29, 0.717) is 17.0 Å². The first-order valence-electron chi connectivity index (χ1n) is 7.10. The lowest BCUT2D eigenvalue weighted by Gasteiger charge is -2.04. The zero-order valence-corrected chi connectivity index (χ0v) is 13.6. The number of halogens is 3. The first kappa shape index (κ1) is 17.0. The van der Waals surface area contributed by atoms with Gasteiger partial charge in [0.05, 0.1) is 11.4 Å². The molecule has 0 spiro atoms. The Morgan fingerprint density at radius 2 is 1.80 bits per heavy atom. The van der Waals surface area contributed by atoms with E-state index in [0.717, 1.165) is 5.56 Å². The highest BCUT2D eigenvalue weighted by Crippen LogP contribution is 2.34. The molecule has 0 radical (unpaired) electrons. The number of aryl methyl sites for hydroxylation is 1. The summed E-state index contributed by atoms with van der Waals surface area (Å²) in [6.07, 6.45) is -4.58. The van der Waals surface area contributed by atoms with Gasteiger partial charge >= 0.3 is 6.18 Å². The summed E-state index contributed by atoms with van der Waals surface area (Å²) in [5.74, 6) is -0.557. The van der Waals surface area contributed by atoms with Crippen molar-refractivity contribution in [2.45, 2.75) is 13.1 Å². The fraction of sp³-hybridized carbons (Fsp3) is 0.125. The zero-order chi connectivity index (χ0) is 18.0. The second kappa shape index (κ2) is 6.60. The molecule has 2 aromatic heterocycles. The predicted octanol–water partition coefficient (Wildman–Crippen LogP) is 4.18. The van der Waals surface area contributed by atoms with Crippen molar-refractivity contribution in [3.63, 3.8) is 0 Å². The van der Waals surface area contributed by atoms with Crippen molar-refractivity contribution in [3.05, 3.63) is 58.0 Å². The van der Waals surface area contributed by atoms with Crippen LogP contribution in [0.3, 0.4) is 0 Å².